The minimum atomic E-state index is -1.66. The predicted octanol–water partition coefficient (Wildman–Crippen LogP) is 3.54. The SMILES string of the molecule is C[C@@H]1C[C@H]2[C@@H]3C[C@H](F)C4=CC(=O)C=C[C@]4(C)[C@@]34O[C@@H]4C[C@]2(C)[C@@]1(O)C(=O)SCF. The fraction of sp³-hybridized carbons (Fsp3) is 0.727. The Bertz CT molecular complexity index is 873. The highest BCUT2D eigenvalue weighted by molar-refractivity contribution is 8.13. The number of fused-ring (bicyclic) bond motifs is 3. The maximum absolute atomic E-state index is 15.4. The van der Waals surface area contributed by atoms with Crippen molar-refractivity contribution < 1.29 is 28.2 Å². The van der Waals surface area contributed by atoms with Crippen LogP contribution in [0.25, 0.3) is 0 Å². The van der Waals surface area contributed by atoms with Gasteiger partial charge in [0.2, 0.25) is 5.12 Å². The highest BCUT2D eigenvalue weighted by Gasteiger charge is 2.82. The Morgan fingerprint density at radius 1 is 1.34 bits per heavy atom. The molecule has 5 aliphatic rings. The van der Waals surface area contributed by atoms with Crippen molar-refractivity contribution in [3.63, 3.8) is 0 Å². The van der Waals surface area contributed by atoms with Gasteiger partial charge in [0, 0.05) is 10.8 Å². The highest BCUT2D eigenvalue weighted by atomic mass is 32.2. The number of aliphatic hydroxyl groups is 1. The summed E-state index contributed by atoms with van der Waals surface area (Å²) in [5.41, 5.74) is -3.29. The average molecular weight is 425 g/mol. The average Bonchev–Trinajstić information content (AvgIpc) is 3.34. The number of alkyl halides is 2. The molecule has 158 valence electrons. The summed E-state index contributed by atoms with van der Waals surface area (Å²) in [6.07, 6.45) is 4.46. The molecule has 0 unspecified atom stereocenters. The number of ether oxygens (including phenoxy) is 1. The molecule has 1 spiro atoms. The molecule has 0 radical (unpaired) electrons. The zero-order valence-electron chi connectivity index (χ0n) is 16.8. The van der Waals surface area contributed by atoms with Gasteiger partial charge in [0.15, 0.2) is 5.78 Å². The van der Waals surface area contributed by atoms with Crippen molar-refractivity contribution in [1.29, 1.82) is 0 Å². The normalized spacial score (nSPS) is 54.8. The number of ketones is 1. The molecule has 4 aliphatic carbocycles. The van der Waals surface area contributed by atoms with Crippen LogP contribution in [0.4, 0.5) is 8.78 Å². The van der Waals surface area contributed by atoms with Crippen molar-refractivity contribution in [2.45, 2.75) is 63.5 Å². The molecule has 1 heterocycles. The fourth-order valence-corrected chi connectivity index (χ4v) is 8.32. The molecule has 0 aromatic carbocycles. The van der Waals surface area contributed by atoms with Crippen LogP contribution >= 0.6 is 11.8 Å². The molecule has 0 aromatic heterocycles. The minimum absolute atomic E-state index is 0.118. The number of thioether (sulfide) groups is 1. The van der Waals surface area contributed by atoms with Crippen LogP contribution in [-0.4, -0.2) is 45.5 Å². The number of carbonyl (C=O) groups excluding carboxylic acids is 2. The van der Waals surface area contributed by atoms with Crippen LogP contribution in [0.3, 0.4) is 0 Å². The summed E-state index contributed by atoms with van der Waals surface area (Å²) in [6.45, 7) is 5.67. The maximum atomic E-state index is 15.4. The van der Waals surface area contributed by atoms with Gasteiger partial charge in [-0.05, 0) is 61.7 Å². The van der Waals surface area contributed by atoms with Gasteiger partial charge in [0.1, 0.15) is 23.4 Å². The van der Waals surface area contributed by atoms with Crippen LogP contribution in [0.5, 0.6) is 0 Å². The zero-order valence-corrected chi connectivity index (χ0v) is 17.6. The summed E-state index contributed by atoms with van der Waals surface area (Å²) < 4.78 is 34.6. The molecule has 0 bridgehead atoms. The van der Waals surface area contributed by atoms with E-state index < -0.39 is 39.3 Å². The maximum Gasteiger partial charge on any atom is 0.223 e. The molecule has 29 heavy (non-hydrogen) atoms. The standard InChI is InChI=1S/C22H26F2O4S/c1-11-6-13-14-8-16(24)15-7-12(25)4-5-19(15,2)22(14)17(28-22)9-20(13,3)21(11,27)18(26)29-10-23/h4-5,7,11,13-14,16-17,27H,6,8-10H2,1-3H3/t11-,13+,14+,16+,17-,19+,20+,21+,22-/m1/s1. The monoisotopic (exact) mass is 424 g/mol. The summed E-state index contributed by atoms with van der Waals surface area (Å²) in [6, 6.07) is -0.875. The Kier molecular flexibility index (Phi) is 3.98. The lowest BCUT2D eigenvalue weighted by Gasteiger charge is -2.56. The topological polar surface area (TPSA) is 66.9 Å². The van der Waals surface area contributed by atoms with Crippen LogP contribution in [0, 0.1) is 28.6 Å². The predicted molar refractivity (Wildman–Crippen MR) is 104 cm³/mol. The largest absolute Gasteiger partial charge is 0.380 e. The Hall–Kier alpha value is -1.05. The highest BCUT2D eigenvalue weighted by Crippen LogP contribution is 2.76. The van der Waals surface area contributed by atoms with Gasteiger partial charge in [-0.1, -0.05) is 31.7 Å². The van der Waals surface area contributed by atoms with E-state index in [0.717, 1.165) is 0 Å². The molecule has 1 aliphatic heterocycles. The number of halogens is 2. The van der Waals surface area contributed by atoms with Gasteiger partial charge in [-0.2, -0.15) is 0 Å². The summed E-state index contributed by atoms with van der Waals surface area (Å²) in [4.78, 5) is 24.7. The summed E-state index contributed by atoms with van der Waals surface area (Å²) in [7, 11) is 0. The molecule has 5 rings (SSSR count). The van der Waals surface area contributed by atoms with E-state index in [1.54, 1.807) is 6.08 Å². The van der Waals surface area contributed by atoms with Crippen molar-refractivity contribution in [2.24, 2.45) is 28.6 Å². The van der Waals surface area contributed by atoms with E-state index in [-0.39, 0.29) is 36.1 Å². The Morgan fingerprint density at radius 2 is 2.07 bits per heavy atom. The Morgan fingerprint density at radius 3 is 2.76 bits per heavy atom. The number of hydrogen-bond donors (Lipinski definition) is 1. The molecule has 4 fully saturated rings. The van der Waals surface area contributed by atoms with Crippen molar-refractivity contribution in [3.8, 4) is 0 Å². The number of allylic oxidation sites excluding steroid dienone is 2. The molecule has 9 atom stereocenters. The first-order valence-electron chi connectivity index (χ1n) is 10.3. The van der Waals surface area contributed by atoms with Crippen molar-refractivity contribution in [1.82, 2.24) is 0 Å². The summed E-state index contributed by atoms with van der Waals surface area (Å²) in [5, 5.41) is 11.0. The third-order valence-corrected chi connectivity index (χ3v) is 9.68. The molecule has 0 aromatic rings. The quantitative estimate of drug-likeness (QED) is 0.687. The summed E-state index contributed by atoms with van der Waals surface area (Å²) in [5.74, 6) is -0.843. The van der Waals surface area contributed by atoms with Crippen LogP contribution in [0.15, 0.2) is 23.8 Å². The molecule has 7 heteroatoms. The Balaban J connectivity index is 1.60. The number of hydrogen-bond acceptors (Lipinski definition) is 5. The lowest BCUT2D eigenvalue weighted by Crippen LogP contribution is -2.62. The van der Waals surface area contributed by atoms with E-state index in [1.165, 1.54) is 12.2 Å². The first-order valence-corrected chi connectivity index (χ1v) is 11.3. The van der Waals surface area contributed by atoms with Gasteiger partial charge in [0.25, 0.3) is 0 Å². The number of rotatable bonds is 2. The third kappa shape index (κ3) is 2.07. The van der Waals surface area contributed by atoms with Gasteiger partial charge >= 0.3 is 0 Å². The van der Waals surface area contributed by atoms with Crippen LogP contribution in [-0.2, 0) is 14.3 Å². The molecular weight excluding hydrogens is 398 g/mol. The van der Waals surface area contributed by atoms with E-state index in [4.69, 9.17) is 4.74 Å². The van der Waals surface area contributed by atoms with Crippen molar-refractivity contribution in [3.05, 3.63) is 23.8 Å². The van der Waals surface area contributed by atoms with E-state index in [0.29, 0.717) is 30.2 Å². The first-order chi connectivity index (χ1) is 13.6. The third-order valence-electron chi connectivity index (χ3n) is 9.00. The molecule has 4 nitrogen and oxygen atoms in total. The van der Waals surface area contributed by atoms with E-state index in [2.05, 4.69) is 0 Å². The van der Waals surface area contributed by atoms with E-state index in [1.807, 2.05) is 20.8 Å². The lowest BCUT2D eigenvalue weighted by molar-refractivity contribution is -0.154. The fourth-order valence-electron chi connectivity index (χ4n) is 7.57. The van der Waals surface area contributed by atoms with Crippen LogP contribution in [0.2, 0.25) is 0 Å². The van der Waals surface area contributed by atoms with E-state index in [9.17, 15) is 19.1 Å². The van der Waals surface area contributed by atoms with Gasteiger partial charge in [-0.3, -0.25) is 9.59 Å². The second-order valence-corrected chi connectivity index (χ2v) is 10.8. The number of carbonyl (C=O) groups is 2. The van der Waals surface area contributed by atoms with Gasteiger partial charge < -0.3 is 9.84 Å². The molecule has 0 amide bonds. The van der Waals surface area contributed by atoms with Crippen molar-refractivity contribution in [2.75, 3.05) is 6.01 Å². The minimum Gasteiger partial charge on any atom is -0.380 e. The second kappa shape index (κ2) is 5.80. The van der Waals surface area contributed by atoms with Gasteiger partial charge in [0.05, 0.1) is 6.10 Å². The molecule has 1 saturated heterocycles. The van der Waals surface area contributed by atoms with Crippen molar-refractivity contribution >= 4 is 22.7 Å². The molecule has 1 N–H and O–H groups in total. The first kappa shape index (κ1) is 19.9. The molecule has 3 saturated carbocycles. The van der Waals surface area contributed by atoms with E-state index >= 15 is 4.39 Å². The number of epoxide rings is 1. The van der Waals surface area contributed by atoms with Crippen LogP contribution in [0.1, 0.15) is 40.0 Å². The molecular formula is C22H26F2O4S. The Labute approximate surface area is 173 Å². The second-order valence-electron chi connectivity index (χ2n) is 9.92. The lowest BCUT2D eigenvalue weighted by atomic mass is 9.46. The summed E-state index contributed by atoms with van der Waals surface area (Å²) >= 11 is 0.518. The van der Waals surface area contributed by atoms with Gasteiger partial charge in [-0.25, -0.2) is 8.78 Å². The van der Waals surface area contributed by atoms with Crippen LogP contribution < -0.4 is 0 Å². The zero-order chi connectivity index (χ0) is 21.0. The van der Waals surface area contributed by atoms with Gasteiger partial charge in [-0.15, -0.1) is 0 Å². The smallest absolute Gasteiger partial charge is 0.223 e.